The predicted molar refractivity (Wildman–Crippen MR) is 447 cm³/mol. The number of nitrogens with zero attached hydrogens (tertiary/aromatic N) is 7. The standard InChI is InChI=1S/C23H15Cl2N3OS.C22H20Cl2N4OS.C22H21Cl2N3OS.3C5H11N/c1-14-21(23(26)29)27-28(19-11-8-16(24)13-18(19)25)22(14)20-12-10-17(30-20)9-7-15-5-3-2-4-6-15;1-14-20(22(25)29)26-28(18-8-6-15(23)13-17(18)24)21(14)19-9-7-16(30-19)5-4-12-27-10-2-3-11-27;1-4-16-20(22(25)28)26-27(18-10-8-14(23)12-17(18)24)21(16)19-11-9-15(29-19)7-5-6-13(2)3;3*1-2-4-6-5-3-1/h2-6,8,10-13H,1H3,(H2,26,29);6-9,13H,2-3,10-12H2,1H3,(H2,25,29);8-13H,4,6H2,1-3H3,(H2,25,28);3*6H,1-5H2. The fourth-order valence-electron chi connectivity index (χ4n) is 11.9. The van der Waals surface area contributed by atoms with Gasteiger partial charge < -0.3 is 33.2 Å². The first-order chi connectivity index (χ1) is 51.7. The molecule has 107 heavy (non-hydrogen) atoms. The second kappa shape index (κ2) is 42.3. The number of nitrogens with one attached hydrogen (secondary N) is 3. The molecule has 6 aromatic heterocycles. The Hall–Kier alpha value is -7.72. The van der Waals surface area contributed by atoms with Gasteiger partial charge in [-0.25, -0.2) is 14.0 Å². The highest BCUT2D eigenvalue weighted by molar-refractivity contribution is 7.16. The summed E-state index contributed by atoms with van der Waals surface area (Å²) >= 11 is 42.0. The molecule has 0 aliphatic carbocycles. The number of hydrogen-bond acceptors (Lipinski definition) is 13. The lowest BCUT2D eigenvalue weighted by atomic mass is 10.1. The fourth-order valence-corrected chi connectivity index (χ4v) is 16.3. The largest absolute Gasteiger partial charge is 0.364 e. The van der Waals surface area contributed by atoms with Crippen LogP contribution in [-0.4, -0.2) is 111 Å². The van der Waals surface area contributed by atoms with Gasteiger partial charge in [-0.3, -0.25) is 19.3 Å². The van der Waals surface area contributed by atoms with E-state index in [0.29, 0.717) is 70.7 Å². The van der Waals surface area contributed by atoms with Gasteiger partial charge in [0.1, 0.15) is 0 Å². The molecule has 4 aromatic carbocycles. The summed E-state index contributed by atoms with van der Waals surface area (Å²) in [5, 5.41) is 26.1. The number of carbonyl (C=O) groups excluding carboxylic acids is 3. The van der Waals surface area contributed by atoms with E-state index in [-0.39, 0.29) is 17.1 Å². The molecule has 0 unspecified atom stereocenters. The van der Waals surface area contributed by atoms with Crippen molar-refractivity contribution in [1.29, 1.82) is 0 Å². The van der Waals surface area contributed by atoms with Crippen molar-refractivity contribution in [3.05, 3.63) is 205 Å². The van der Waals surface area contributed by atoms with Crippen LogP contribution in [0.25, 0.3) is 48.8 Å². The van der Waals surface area contributed by atoms with Gasteiger partial charge in [-0.15, -0.1) is 34.0 Å². The Labute approximate surface area is 670 Å². The third kappa shape index (κ3) is 24.1. The molecular formula is C82H89Cl6N13O3S3. The molecule has 4 aliphatic rings. The van der Waals surface area contributed by atoms with Crippen molar-refractivity contribution >= 4 is 121 Å². The first kappa shape index (κ1) is 83.3. The second-order valence-corrected chi connectivity index (χ2v) is 31.8. The van der Waals surface area contributed by atoms with Crippen LogP contribution in [0.4, 0.5) is 0 Å². The molecule has 0 saturated carbocycles. The number of hydrogen-bond donors (Lipinski definition) is 6. The van der Waals surface area contributed by atoms with Crippen LogP contribution >= 0.6 is 104 Å². The van der Waals surface area contributed by atoms with Gasteiger partial charge in [-0.2, -0.15) is 15.3 Å². The number of benzene rings is 4. The molecule has 10 aromatic rings. The third-order valence-electron chi connectivity index (χ3n) is 17.4. The van der Waals surface area contributed by atoms with Crippen LogP contribution < -0.4 is 33.2 Å². The smallest absolute Gasteiger partial charge is 0.269 e. The molecule has 4 fully saturated rings. The summed E-state index contributed by atoms with van der Waals surface area (Å²) in [7, 11) is 0. The summed E-state index contributed by atoms with van der Waals surface area (Å²) in [4.78, 5) is 43.8. The fraction of sp³-hybridized carbons (Fsp3) is 0.341. The summed E-state index contributed by atoms with van der Waals surface area (Å²) in [6.45, 7) is 20.4. The molecule has 560 valence electrons. The highest BCUT2D eigenvalue weighted by Crippen LogP contribution is 2.40. The van der Waals surface area contributed by atoms with Crippen LogP contribution in [0.2, 0.25) is 30.1 Å². The number of rotatable bonds is 12. The van der Waals surface area contributed by atoms with Gasteiger partial charge in [0, 0.05) is 43.7 Å². The molecule has 0 atom stereocenters. The van der Waals surface area contributed by atoms with Crippen LogP contribution in [0.3, 0.4) is 0 Å². The highest BCUT2D eigenvalue weighted by atomic mass is 35.5. The van der Waals surface area contributed by atoms with Gasteiger partial charge in [0.15, 0.2) is 17.1 Å². The van der Waals surface area contributed by atoms with E-state index < -0.39 is 17.7 Å². The number of aromatic nitrogens is 6. The average molecular weight is 1610 g/mol. The number of likely N-dealkylation sites (tertiary alicyclic amines) is 1. The summed E-state index contributed by atoms with van der Waals surface area (Å²) < 4.78 is 4.96. The van der Waals surface area contributed by atoms with Crippen LogP contribution in [0, 0.1) is 55.3 Å². The lowest BCUT2D eigenvalue weighted by Gasteiger charge is -2.09. The Morgan fingerprint density at radius 1 is 0.458 bits per heavy atom. The number of amides is 3. The third-order valence-corrected chi connectivity index (χ3v) is 22.0. The maximum absolute atomic E-state index is 12.0. The zero-order chi connectivity index (χ0) is 76.4. The minimum absolute atomic E-state index is 0.196. The summed E-state index contributed by atoms with van der Waals surface area (Å²) in [5.41, 5.74) is 24.6. The van der Waals surface area contributed by atoms with Gasteiger partial charge in [-0.1, -0.05) is 163 Å². The SMILES string of the molecule is C1CCNCC1.C1CCNCC1.C1CCNCC1.CCc1c(C(N)=O)nn(-c2ccc(Cl)cc2Cl)c1-c1ccc(C#CCC(C)C)s1.Cc1c(C(N)=O)nn(-c2ccc(Cl)cc2Cl)c1-c1ccc(C#CCN2CCCC2)s1.Cc1c(C(N)=O)nn(-c2ccc(Cl)cc2Cl)c1-c1ccc(C#Cc2ccccc2)s1. The summed E-state index contributed by atoms with van der Waals surface area (Å²) in [5.74, 6) is 18.0. The quantitative estimate of drug-likeness (QED) is 0.0635. The van der Waals surface area contributed by atoms with Crippen LogP contribution in [-0.2, 0) is 6.42 Å². The molecule has 0 radical (unpaired) electrons. The van der Waals surface area contributed by atoms with Gasteiger partial charge in [-0.05, 0) is 233 Å². The molecule has 4 saturated heterocycles. The zero-order valence-corrected chi connectivity index (χ0v) is 67.7. The average Bonchev–Trinajstić information content (AvgIpc) is 1.63. The molecule has 0 bridgehead atoms. The van der Waals surface area contributed by atoms with Crippen molar-refractivity contribution < 1.29 is 14.4 Å². The zero-order valence-electron chi connectivity index (χ0n) is 60.8. The van der Waals surface area contributed by atoms with Crippen molar-refractivity contribution in [2.45, 2.75) is 118 Å². The minimum Gasteiger partial charge on any atom is -0.364 e. The molecule has 16 nitrogen and oxygen atoms in total. The Morgan fingerprint density at radius 2 is 0.832 bits per heavy atom. The van der Waals surface area contributed by atoms with E-state index in [1.54, 1.807) is 91.3 Å². The van der Waals surface area contributed by atoms with E-state index in [9.17, 15) is 14.4 Å². The summed E-state index contributed by atoms with van der Waals surface area (Å²) in [6, 6.07) is 37.1. The molecule has 14 rings (SSSR count). The van der Waals surface area contributed by atoms with Crippen LogP contribution in [0.1, 0.15) is 166 Å². The van der Waals surface area contributed by atoms with E-state index >= 15 is 0 Å². The van der Waals surface area contributed by atoms with Crippen molar-refractivity contribution in [3.63, 3.8) is 0 Å². The van der Waals surface area contributed by atoms with Crippen LogP contribution in [0.5, 0.6) is 0 Å². The van der Waals surface area contributed by atoms with Gasteiger partial charge >= 0.3 is 0 Å². The molecule has 3 amide bonds. The Balaban J connectivity index is 0.000000165. The lowest BCUT2D eigenvalue weighted by Crippen LogP contribution is -2.21. The van der Waals surface area contributed by atoms with Gasteiger partial charge in [0.2, 0.25) is 0 Å². The molecule has 25 heteroatoms. The number of halogens is 6. The number of primary amides is 3. The van der Waals surface area contributed by atoms with E-state index in [1.165, 1.54) is 121 Å². The number of thiophene rings is 3. The summed E-state index contributed by atoms with van der Waals surface area (Å²) in [6.07, 6.45) is 16.6. The first-order valence-electron chi connectivity index (χ1n) is 36.0. The lowest BCUT2D eigenvalue weighted by molar-refractivity contribution is 0.0986. The van der Waals surface area contributed by atoms with Crippen molar-refractivity contribution in [3.8, 4) is 84.3 Å². The number of carbonyl (C=O) groups is 3. The maximum atomic E-state index is 12.0. The second-order valence-electron chi connectivity index (χ2n) is 26.0. The predicted octanol–water partition coefficient (Wildman–Crippen LogP) is 18.7. The van der Waals surface area contributed by atoms with Gasteiger partial charge in [0.25, 0.3) is 17.7 Å². The maximum Gasteiger partial charge on any atom is 0.269 e. The Bertz CT molecular complexity index is 4780. The normalized spacial score (nSPS) is 13.8. The van der Waals surface area contributed by atoms with E-state index in [0.717, 1.165) is 83.5 Å². The topological polar surface area (TPSA) is 222 Å². The van der Waals surface area contributed by atoms with E-state index in [4.69, 9.17) is 86.8 Å². The number of piperidine rings is 3. The molecule has 0 spiro atoms. The monoisotopic (exact) mass is 1610 g/mol. The van der Waals surface area contributed by atoms with Crippen molar-refractivity contribution in [2.24, 2.45) is 23.1 Å². The van der Waals surface area contributed by atoms with Crippen LogP contribution in [0.15, 0.2) is 121 Å². The molecular weight excluding hydrogens is 1520 g/mol. The van der Waals surface area contributed by atoms with Crippen molar-refractivity contribution in [2.75, 3.05) is 58.9 Å². The Kier molecular flexibility index (Phi) is 32.9. The minimum atomic E-state index is -0.599. The van der Waals surface area contributed by atoms with Crippen molar-refractivity contribution in [1.82, 2.24) is 50.2 Å². The molecule has 4 aliphatic heterocycles. The Morgan fingerprint density at radius 3 is 1.19 bits per heavy atom. The van der Waals surface area contributed by atoms with Gasteiger partial charge in [0.05, 0.1) is 85.0 Å². The van der Waals surface area contributed by atoms with E-state index in [2.05, 4.69) is 85.5 Å². The first-order valence-corrected chi connectivity index (χ1v) is 40.7. The number of nitrogens with two attached hydrogens (primary N) is 3. The molecule has 9 N–H and O–H groups in total. The highest BCUT2D eigenvalue weighted by Gasteiger charge is 2.27. The molecule has 10 heterocycles. The van der Waals surface area contributed by atoms with E-state index in [1.807, 2.05) is 87.5 Å².